The minimum Gasteiger partial charge on any atom is -0.486 e. The Bertz CT molecular complexity index is 902. The molecule has 0 saturated heterocycles. The van der Waals surface area contributed by atoms with Gasteiger partial charge < -0.3 is 9.15 Å². The van der Waals surface area contributed by atoms with Crippen molar-refractivity contribution in [3.05, 3.63) is 63.8 Å². The molecule has 6 nitrogen and oxygen atoms in total. The van der Waals surface area contributed by atoms with Crippen molar-refractivity contribution in [1.29, 1.82) is 0 Å². The summed E-state index contributed by atoms with van der Waals surface area (Å²) < 4.78 is 25.9. The highest BCUT2D eigenvalue weighted by Gasteiger charge is 2.04. The fraction of sp³-hybridized carbons (Fsp3) is 0.0714. The SMILES string of the molecule is Fc1ccc(OCc2ccc(C=Nn3cn[nH]c3=S)o2)cc1Cl. The number of nitrogens with zero attached hydrogens (tertiary/aromatic N) is 3. The number of hydrogen-bond donors (Lipinski definition) is 1. The van der Waals surface area contributed by atoms with E-state index < -0.39 is 5.82 Å². The van der Waals surface area contributed by atoms with E-state index in [1.165, 1.54) is 35.4 Å². The summed E-state index contributed by atoms with van der Waals surface area (Å²) in [5.41, 5.74) is 0. The summed E-state index contributed by atoms with van der Waals surface area (Å²) in [5.74, 6) is 1.08. The third-order valence-electron chi connectivity index (χ3n) is 2.80. The normalized spacial score (nSPS) is 11.2. The first-order chi connectivity index (χ1) is 11.1. The number of hydrogen-bond acceptors (Lipinski definition) is 5. The van der Waals surface area contributed by atoms with Crippen LogP contribution in [0.2, 0.25) is 5.02 Å². The summed E-state index contributed by atoms with van der Waals surface area (Å²) in [6.07, 6.45) is 2.95. The lowest BCUT2D eigenvalue weighted by Crippen LogP contribution is -1.94. The second kappa shape index (κ2) is 6.76. The van der Waals surface area contributed by atoms with Gasteiger partial charge in [-0.15, -0.1) is 0 Å². The molecule has 0 aliphatic rings. The third kappa shape index (κ3) is 3.85. The number of furan rings is 1. The van der Waals surface area contributed by atoms with E-state index in [4.69, 9.17) is 33.0 Å². The largest absolute Gasteiger partial charge is 0.486 e. The topological polar surface area (TPSA) is 68.3 Å². The number of H-pyrrole nitrogens is 1. The van der Waals surface area contributed by atoms with Crippen LogP contribution in [0.1, 0.15) is 11.5 Å². The quantitative estimate of drug-likeness (QED) is 0.560. The van der Waals surface area contributed by atoms with Crippen molar-refractivity contribution in [2.45, 2.75) is 6.61 Å². The molecule has 0 amide bonds. The average molecular weight is 353 g/mol. The number of benzene rings is 1. The molecular weight excluding hydrogens is 343 g/mol. The molecule has 2 aromatic heterocycles. The second-order valence-electron chi connectivity index (χ2n) is 4.42. The lowest BCUT2D eigenvalue weighted by Gasteiger charge is -2.04. The van der Waals surface area contributed by atoms with Crippen LogP contribution < -0.4 is 4.74 Å². The Morgan fingerprint density at radius 2 is 2.30 bits per heavy atom. The van der Waals surface area contributed by atoms with Crippen LogP contribution in [0, 0.1) is 10.6 Å². The fourth-order valence-corrected chi connectivity index (χ4v) is 2.02. The van der Waals surface area contributed by atoms with E-state index in [9.17, 15) is 4.39 Å². The molecule has 23 heavy (non-hydrogen) atoms. The summed E-state index contributed by atoms with van der Waals surface area (Å²) in [4.78, 5) is 0. The number of rotatable bonds is 5. The predicted molar refractivity (Wildman–Crippen MR) is 84.9 cm³/mol. The van der Waals surface area contributed by atoms with E-state index in [1.807, 2.05) is 0 Å². The fourth-order valence-electron chi connectivity index (χ4n) is 1.71. The maximum Gasteiger partial charge on any atom is 0.216 e. The molecule has 0 radical (unpaired) electrons. The van der Waals surface area contributed by atoms with Gasteiger partial charge in [0.1, 0.15) is 36.0 Å². The first-order valence-electron chi connectivity index (χ1n) is 6.45. The van der Waals surface area contributed by atoms with E-state index in [-0.39, 0.29) is 11.6 Å². The smallest absolute Gasteiger partial charge is 0.216 e. The van der Waals surface area contributed by atoms with Crippen molar-refractivity contribution >= 4 is 30.0 Å². The van der Waals surface area contributed by atoms with Crippen LogP contribution in [-0.4, -0.2) is 21.1 Å². The van der Waals surface area contributed by atoms with Crippen LogP contribution in [0.25, 0.3) is 0 Å². The Hall–Kier alpha value is -2.45. The minimum absolute atomic E-state index is 0.00613. The maximum atomic E-state index is 13.1. The van der Waals surface area contributed by atoms with Gasteiger partial charge in [-0.05, 0) is 36.5 Å². The molecule has 2 heterocycles. The molecule has 0 aliphatic carbocycles. The molecule has 1 N–H and O–H groups in total. The molecule has 9 heteroatoms. The zero-order valence-corrected chi connectivity index (χ0v) is 13.1. The molecule has 0 aliphatic heterocycles. The van der Waals surface area contributed by atoms with Gasteiger partial charge in [-0.3, -0.25) is 5.10 Å². The third-order valence-corrected chi connectivity index (χ3v) is 3.37. The van der Waals surface area contributed by atoms with Crippen LogP contribution in [0.4, 0.5) is 4.39 Å². The van der Waals surface area contributed by atoms with Gasteiger partial charge in [0.25, 0.3) is 0 Å². The van der Waals surface area contributed by atoms with Gasteiger partial charge in [-0.2, -0.15) is 14.9 Å². The Morgan fingerprint density at radius 3 is 3.04 bits per heavy atom. The lowest BCUT2D eigenvalue weighted by molar-refractivity contribution is 0.269. The second-order valence-corrected chi connectivity index (χ2v) is 5.21. The van der Waals surface area contributed by atoms with Gasteiger partial charge in [0.2, 0.25) is 4.77 Å². The molecule has 0 bridgehead atoms. The zero-order valence-electron chi connectivity index (χ0n) is 11.6. The summed E-state index contributed by atoms with van der Waals surface area (Å²) in [5, 5.41) is 10.4. The van der Waals surface area contributed by atoms with Crippen molar-refractivity contribution in [3.63, 3.8) is 0 Å². The predicted octanol–water partition coefficient (Wildman–Crippen LogP) is 3.79. The Labute approximate surface area is 140 Å². The highest BCUT2D eigenvalue weighted by atomic mass is 35.5. The van der Waals surface area contributed by atoms with Crippen molar-refractivity contribution in [2.24, 2.45) is 5.10 Å². The maximum absolute atomic E-state index is 13.1. The number of aromatic amines is 1. The number of nitrogens with one attached hydrogen (secondary N) is 1. The molecule has 3 aromatic rings. The summed E-state index contributed by atoms with van der Waals surface area (Å²) in [7, 11) is 0. The van der Waals surface area contributed by atoms with Crippen LogP contribution >= 0.6 is 23.8 Å². The van der Waals surface area contributed by atoms with Crippen molar-refractivity contribution in [3.8, 4) is 5.75 Å². The highest BCUT2D eigenvalue weighted by Crippen LogP contribution is 2.22. The zero-order chi connectivity index (χ0) is 16.2. The lowest BCUT2D eigenvalue weighted by atomic mass is 10.3. The van der Waals surface area contributed by atoms with Gasteiger partial charge in [0.15, 0.2) is 0 Å². The van der Waals surface area contributed by atoms with Crippen LogP contribution in [0.3, 0.4) is 0 Å². The molecule has 0 atom stereocenters. The average Bonchev–Trinajstić information content (AvgIpc) is 3.15. The molecule has 118 valence electrons. The van der Waals surface area contributed by atoms with E-state index in [0.29, 0.717) is 22.0 Å². The standard InChI is InChI=1S/C14H10ClFN4O2S/c15-12-5-9(3-4-13(12)16)21-7-11-2-1-10(22-11)6-18-20-8-17-19-14(20)23/h1-6,8H,7H2,(H,19,23). The highest BCUT2D eigenvalue weighted by molar-refractivity contribution is 7.71. The molecule has 0 fully saturated rings. The first kappa shape index (κ1) is 15.4. The van der Waals surface area contributed by atoms with Crippen molar-refractivity contribution in [2.75, 3.05) is 0 Å². The number of halogens is 2. The van der Waals surface area contributed by atoms with Crippen LogP contribution in [-0.2, 0) is 6.61 Å². The van der Waals surface area contributed by atoms with Crippen molar-refractivity contribution < 1.29 is 13.5 Å². The molecular formula is C14H10ClFN4O2S. The van der Waals surface area contributed by atoms with E-state index in [0.717, 1.165) is 0 Å². The van der Waals surface area contributed by atoms with Gasteiger partial charge in [0, 0.05) is 6.07 Å². The molecule has 3 rings (SSSR count). The minimum atomic E-state index is -0.492. The first-order valence-corrected chi connectivity index (χ1v) is 7.23. The Kier molecular flexibility index (Phi) is 4.54. The van der Waals surface area contributed by atoms with Crippen LogP contribution in [0.5, 0.6) is 5.75 Å². The number of ether oxygens (including phenoxy) is 1. The molecule has 0 spiro atoms. The molecule has 0 saturated carbocycles. The van der Waals surface area contributed by atoms with Gasteiger partial charge in [0.05, 0.1) is 11.2 Å². The van der Waals surface area contributed by atoms with Gasteiger partial charge >= 0.3 is 0 Å². The van der Waals surface area contributed by atoms with Gasteiger partial charge in [-0.25, -0.2) is 4.39 Å². The van der Waals surface area contributed by atoms with Gasteiger partial charge in [-0.1, -0.05) is 11.6 Å². The van der Waals surface area contributed by atoms with E-state index >= 15 is 0 Å². The van der Waals surface area contributed by atoms with E-state index in [2.05, 4.69) is 15.3 Å². The van der Waals surface area contributed by atoms with Crippen LogP contribution in [0.15, 0.2) is 46.2 Å². The Balaban J connectivity index is 1.63. The summed E-state index contributed by atoms with van der Waals surface area (Å²) in [6, 6.07) is 7.63. The Morgan fingerprint density at radius 1 is 1.43 bits per heavy atom. The molecule has 0 unspecified atom stereocenters. The molecule has 1 aromatic carbocycles. The monoisotopic (exact) mass is 352 g/mol. The van der Waals surface area contributed by atoms with Crippen molar-refractivity contribution in [1.82, 2.24) is 14.9 Å². The summed E-state index contributed by atoms with van der Waals surface area (Å²) >= 11 is 10.7. The van der Waals surface area contributed by atoms with E-state index in [1.54, 1.807) is 12.1 Å². The summed E-state index contributed by atoms with van der Waals surface area (Å²) in [6.45, 7) is 0.181. The number of aromatic nitrogens is 3.